The first kappa shape index (κ1) is 10.3. The molecule has 74 valence electrons. The lowest BCUT2D eigenvalue weighted by molar-refractivity contribution is -0.137. The van der Waals surface area contributed by atoms with Crippen molar-refractivity contribution in [1.29, 1.82) is 0 Å². The molecule has 0 bridgehead atoms. The Hall–Kier alpha value is -0.790. The van der Waals surface area contributed by atoms with E-state index >= 15 is 0 Å². The lowest BCUT2D eigenvalue weighted by Crippen LogP contribution is -2.09. The van der Waals surface area contributed by atoms with Crippen molar-refractivity contribution in [2.24, 2.45) is 5.92 Å². The van der Waals surface area contributed by atoms with E-state index < -0.39 is 0 Å². The Kier molecular flexibility index (Phi) is 4.00. The van der Waals surface area contributed by atoms with Crippen LogP contribution in [0.1, 0.15) is 39.5 Å². The van der Waals surface area contributed by atoms with Gasteiger partial charge >= 0.3 is 5.97 Å². The topological polar surface area (TPSA) is 26.3 Å². The van der Waals surface area contributed by atoms with Gasteiger partial charge in [-0.2, -0.15) is 0 Å². The SMILES string of the molecule is CCOC(=O)/C=C1/CCCC[C@@H]1C. The molecule has 13 heavy (non-hydrogen) atoms. The Morgan fingerprint density at radius 1 is 1.62 bits per heavy atom. The molecule has 0 radical (unpaired) electrons. The van der Waals surface area contributed by atoms with Gasteiger partial charge in [-0.1, -0.05) is 18.9 Å². The van der Waals surface area contributed by atoms with Crippen LogP contribution in [-0.2, 0) is 9.53 Å². The van der Waals surface area contributed by atoms with E-state index in [0.29, 0.717) is 12.5 Å². The van der Waals surface area contributed by atoms with Crippen LogP contribution >= 0.6 is 0 Å². The van der Waals surface area contributed by atoms with Crippen LogP contribution in [-0.4, -0.2) is 12.6 Å². The van der Waals surface area contributed by atoms with E-state index in [9.17, 15) is 4.79 Å². The molecule has 2 heteroatoms. The Balaban J connectivity index is 2.52. The van der Waals surface area contributed by atoms with Crippen molar-refractivity contribution in [3.05, 3.63) is 11.6 Å². The highest BCUT2D eigenvalue weighted by molar-refractivity contribution is 5.82. The lowest BCUT2D eigenvalue weighted by atomic mass is 9.85. The number of rotatable bonds is 2. The summed E-state index contributed by atoms with van der Waals surface area (Å²) in [6, 6.07) is 0. The van der Waals surface area contributed by atoms with Crippen molar-refractivity contribution in [1.82, 2.24) is 0 Å². The normalized spacial score (nSPS) is 26.0. The minimum atomic E-state index is -0.175. The number of carbonyl (C=O) groups excluding carboxylic acids is 1. The zero-order chi connectivity index (χ0) is 9.68. The zero-order valence-corrected chi connectivity index (χ0v) is 8.51. The Morgan fingerprint density at radius 2 is 2.38 bits per heavy atom. The summed E-state index contributed by atoms with van der Waals surface area (Å²) in [5.74, 6) is 0.393. The van der Waals surface area contributed by atoms with Gasteiger partial charge in [0, 0.05) is 6.08 Å². The first-order valence-electron chi connectivity index (χ1n) is 5.11. The molecule has 0 saturated heterocycles. The molecule has 0 aromatic heterocycles. The van der Waals surface area contributed by atoms with Crippen LogP contribution in [0.5, 0.6) is 0 Å². The van der Waals surface area contributed by atoms with Crippen LogP contribution in [0.15, 0.2) is 11.6 Å². The summed E-state index contributed by atoms with van der Waals surface area (Å²) < 4.78 is 4.88. The van der Waals surface area contributed by atoms with Crippen LogP contribution in [0.4, 0.5) is 0 Å². The summed E-state index contributed by atoms with van der Waals surface area (Å²) >= 11 is 0. The van der Waals surface area contributed by atoms with Gasteiger partial charge in [0.2, 0.25) is 0 Å². The van der Waals surface area contributed by atoms with Crippen LogP contribution in [0.3, 0.4) is 0 Å². The number of hydrogen-bond acceptors (Lipinski definition) is 2. The first-order valence-corrected chi connectivity index (χ1v) is 5.11. The van der Waals surface area contributed by atoms with Gasteiger partial charge < -0.3 is 4.74 Å². The molecular formula is C11H18O2. The summed E-state index contributed by atoms with van der Waals surface area (Å²) in [5.41, 5.74) is 1.27. The molecule has 0 amide bonds. The van der Waals surface area contributed by atoms with E-state index in [0.717, 1.165) is 6.42 Å². The van der Waals surface area contributed by atoms with Crippen molar-refractivity contribution in [2.75, 3.05) is 6.61 Å². The third-order valence-corrected chi connectivity index (χ3v) is 2.58. The van der Waals surface area contributed by atoms with Gasteiger partial charge in [0.25, 0.3) is 0 Å². The summed E-state index contributed by atoms with van der Waals surface area (Å²) in [6.07, 6.45) is 6.48. The molecule has 1 fully saturated rings. The molecule has 1 aliphatic rings. The van der Waals surface area contributed by atoms with E-state index in [1.807, 2.05) is 6.92 Å². The van der Waals surface area contributed by atoms with E-state index in [2.05, 4.69) is 6.92 Å². The highest BCUT2D eigenvalue weighted by Gasteiger charge is 2.15. The van der Waals surface area contributed by atoms with Gasteiger partial charge in [-0.15, -0.1) is 0 Å². The maximum absolute atomic E-state index is 11.2. The van der Waals surface area contributed by atoms with Gasteiger partial charge in [0.1, 0.15) is 0 Å². The molecule has 1 aliphatic carbocycles. The Bertz CT molecular complexity index is 206. The predicted molar refractivity (Wildman–Crippen MR) is 52.3 cm³/mol. The molecule has 2 nitrogen and oxygen atoms in total. The molecular weight excluding hydrogens is 164 g/mol. The van der Waals surface area contributed by atoms with Gasteiger partial charge in [-0.25, -0.2) is 4.79 Å². The quantitative estimate of drug-likeness (QED) is 0.485. The van der Waals surface area contributed by atoms with E-state index in [-0.39, 0.29) is 5.97 Å². The van der Waals surface area contributed by atoms with Crippen molar-refractivity contribution in [3.63, 3.8) is 0 Å². The molecule has 1 rings (SSSR count). The minimum absolute atomic E-state index is 0.175. The van der Waals surface area contributed by atoms with Crippen LogP contribution in [0.25, 0.3) is 0 Å². The Labute approximate surface area is 80.0 Å². The molecule has 1 saturated carbocycles. The summed E-state index contributed by atoms with van der Waals surface area (Å²) in [4.78, 5) is 11.2. The molecule has 0 spiro atoms. The molecule has 0 aromatic rings. The second-order valence-corrected chi connectivity index (χ2v) is 3.62. The van der Waals surface area contributed by atoms with E-state index in [1.165, 1.54) is 24.8 Å². The highest BCUT2D eigenvalue weighted by atomic mass is 16.5. The third-order valence-electron chi connectivity index (χ3n) is 2.58. The number of allylic oxidation sites excluding steroid dienone is 1. The van der Waals surface area contributed by atoms with Gasteiger partial charge in [-0.3, -0.25) is 0 Å². The second-order valence-electron chi connectivity index (χ2n) is 3.62. The fourth-order valence-electron chi connectivity index (χ4n) is 1.76. The van der Waals surface area contributed by atoms with E-state index in [1.54, 1.807) is 6.08 Å². The molecule has 0 aromatic carbocycles. The zero-order valence-electron chi connectivity index (χ0n) is 8.51. The van der Waals surface area contributed by atoms with Crippen LogP contribution < -0.4 is 0 Å². The van der Waals surface area contributed by atoms with Crippen molar-refractivity contribution < 1.29 is 9.53 Å². The monoisotopic (exact) mass is 182 g/mol. The van der Waals surface area contributed by atoms with Crippen LogP contribution in [0, 0.1) is 5.92 Å². The van der Waals surface area contributed by atoms with Crippen molar-refractivity contribution in [2.45, 2.75) is 39.5 Å². The third kappa shape index (κ3) is 3.21. The van der Waals surface area contributed by atoms with Gasteiger partial charge in [0.05, 0.1) is 6.61 Å². The first-order chi connectivity index (χ1) is 6.24. The van der Waals surface area contributed by atoms with E-state index in [4.69, 9.17) is 4.74 Å². The highest BCUT2D eigenvalue weighted by Crippen LogP contribution is 2.28. The minimum Gasteiger partial charge on any atom is -0.463 e. The lowest BCUT2D eigenvalue weighted by Gasteiger charge is -2.21. The fourth-order valence-corrected chi connectivity index (χ4v) is 1.76. The summed E-state index contributed by atoms with van der Waals surface area (Å²) in [6.45, 7) is 4.49. The van der Waals surface area contributed by atoms with Gasteiger partial charge in [-0.05, 0) is 32.1 Å². The summed E-state index contributed by atoms with van der Waals surface area (Å²) in [5, 5.41) is 0. The average Bonchev–Trinajstić information content (AvgIpc) is 2.09. The Morgan fingerprint density at radius 3 is 3.00 bits per heavy atom. The second kappa shape index (κ2) is 5.05. The van der Waals surface area contributed by atoms with Crippen molar-refractivity contribution in [3.8, 4) is 0 Å². The molecule has 0 unspecified atom stereocenters. The standard InChI is InChI=1S/C11H18O2/c1-3-13-11(12)8-10-7-5-4-6-9(10)2/h8-9H,3-7H2,1-2H3/b10-8-/t9-/m0/s1. The number of hydrogen-bond donors (Lipinski definition) is 0. The van der Waals surface area contributed by atoms with Crippen LogP contribution in [0.2, 0.25) is 0 Å². The molecule has 0 heterocycles. The smallest absolute Gasteiger partial charge is 0.330 e. The number of carbonyl (C=O) groups is 1. The summed E-state index contributed by atoms with van der Waals surface area (Å²) in [7, 11) is 0. The molecule has 0 N–H and O–H groups in total. The number of esters is 1. The number of ether oxygens (including phenoxy) is 1. The maximum Gasteiger partial charge on any atom is 0.330 e. The fraction of sp³-hybridized carbons (Fsp3) is 0.727. The van der Waals surface area contributed by atoms with Crippen molar-refractivity contribution >= 4 is 5.97 Å². The predicted octanol–water partition coefficient (Wildman–Crippen LogP) is 2.69. The molecule has 0 aliphatic heterocycles. The molecule has 1 atom stereocenters. The largest absolute Gasteiger partial charge is 0.463 e. The van der Waals surface area contributed by atoms with Gasteiger partial charge in [0.15, 0.2) is 0 Å². The average molecular weight is 182 g/mol. The maximum atomic E-state index is 11.2.